The van der Waals surface area contributed by atoms with Gasteiger partial charge in [0.05, 0.1) is 19.1 Å². The van der Waals surface area contributed by atoms with E-state index in [4.69, 9.17) is 9.47 Å². The Bertz CT molecular complexity index is 1770. The molecule has 0 saturated heterocycles. The van der Waals surface area contributed by atoms with Crippen LogP contribution >= 0.6 is 0 Å². The molecule has 42 heavy (non-hydrogen) atoms. The Balaban J connectivity index is 1.35. The Morgan fingerprint density at radius 3 is 2.50 bits per heavy atom. The van der Waals surface area contributed by atoms with Crippen LogP contribution in [-0.2, 0) is 28.4 Å². The first-order valence-electron chi connectivity index (χ1n) is 13.8. The van der Waals surface area contributed by atoms with Gasteiger partial charge in [0, 0.05) is 22.9 Å². The quantitative estimate of drug-likeness (QED) is 0.283. The van der Waals surface area contributed by atoms with E-state index in [1.54, 1.807) is 37.3 Å². The number of methoxy groups -OCH3 is 1. The van der Waals surface area contributed by atoms with Gasteiger partial charge in [-0.05, 0) is 75.4 Å². The van der Waals surface area contributed by atoms with E-state index in [2.05, 4.69) is 10.0 Å². The van der Waals surface area contributed by atoms with Crippen molar-refractivity contribution in [2.75, 3.05) is 12.4 Å². The summed E-state index contributed by atoms with van der Waals surface area (Å²) in [4.78, 5) is 25.6. The summed E-state index contributed by atoms with van der Waals surface area (Å²) in [5, 5.41) is 2.86. The zero-order chi connectivity index (χ0) is 30.1. The maximum atomic E-state index is 12.9. The smallest absolute Gasteiger partial charge is 0.412 e. The molecule has 2 N–H and O–H groups in total. The molecule has 2 amide bonds. The Morgan fingerprint density at radius 1 is 1.05 bits per heavy atom. The fourth-order valence-electron chi connectivity index (χ4n) is 5.47. The molecule has 0 atom stereocenters. The van der Waals surface area contributed by atoms with E-state index < -0.39 is 27.6 Å². The number of benzene rings is 3. The van der Waals surface area contributed by atoms with Gasteiger partial charge < -0.3 is 9.47 Å². The summed E-state index contributed by atoms with van der Waals surface area (Å²) in [6, 6.07) is 16.9. The number of sulfonamides is 1. The molecule has 3 aromatic carbocycles. The minimum absolute atomic E-state index is 0.0455. The van der Waals surface area contributed by atoms with Crippen LogP contribution in [-0.4, -0.2) is 37.7 Å². The van der Waals surface area contributed by atoms with E-state index in [1.165, 1.54) is 19.2 Å². The highest BCUT2D eigenvalue weighted by Gasteiger charge is 2.32. The first-order chi connectivity index (χ1) is 20.0. The van der Waals surface area contributed by atoms with Gasteiger partial charge >= 0.3 is 6.09 Å². The average Bonchev–Trinajstić information content (AvgIpc) is 3.50. The van der Waals surface area contributed by atoms with Gasteiger partial charge in [-0.2, -0.15) is 0 Å². The Morgan fingerprint density at radius 2 is 1.79 bits per heavy atom. The number of fused-ring (bicyclic) bond motifs is 1. The normalized spacial score (nSPS) is 14.5. The predicted octanol–water partition coefficient (Wildman–Crippen LogP) is 4.83. The van der Waals surface area contributed by atoms with Gasteiger partial charge in [0.2, 0.25) is 6.33 Å². The molecule has 11 heteroatoms. The molecule has 1 aliphatic rings. The molecule has 1 aromatic heterocycles. The van der Waals surface area contributed by atoms with Crippen molar-refractivity contribution in [2.45, 2.75) is 56.6 Å². The number of anilines is 1. The number of carbonyl (C=O) groups excluding carboxylic acids is 2. The Hall–Kier alpha value is -4.38. The van der Waals surface area contributed by atoms with Crippen molar-refractivity contribution in [2.24, 2.45) is 7.05 Å². The molecular weight excluding hydrogens is 556 g/mol. The number of carbonyl (C=O) groups is 2. The van der Waals surface area contributed by atoms with Gasteiger partial charge in [-0.3, -0.25) is 10.1 Å². The number of rotatable bonds is 8. The first kappa shape index (κ1) is 29.1. The molecule has 0 radical (unpaired) electrons. The number of hydrogen-bond donors (Lipinski definition) is 2. The largest absolute Gasteiger partial charge is 0.496 e. The van der Waals surface area contributed by atoms with Crippen molar-refractivity contribution in [1.82, 2.24) is 9.29 Å². The molecule has 0 unspecified atom stereocenters. The number of amides is 2. The van der Waals surface area contributed by atoms with Crippen molar-refractivity contribution in [3.05, 3.63) is 83.7 Å². The zero-order valence-corrected chi connectivity index (χ0v) is 25.0. The number of ether oxygens (including phenoxy) is 2. The van der Waals surface area contributed by atoms with Crippen LogP contribution in [0.5, 0.6) is 5.75 Å². The minimum atomic E-state index is -4.05. The number of aryl methyl sites for hydroxylation is 2. The van der Waals surface area contributed by atoms with Gasteiger partial charge in [-0.25, -0.2) is 27.1 Å². The summed E-state index contributed by atoms with van der Waals surface area (Å²) in [6.45, 7) is 4.04. The van der Waals surface area contributed by atoms with Gasteiger partial charge in [0.25, 0.3) is 15.9 Å². The third-order valence-corrected chi connectivity index (χ3v) is 9.22. The van der Waals surface area contributed by atoms with Crippen molar-refractivity contribution in [1.29, 1.82) is 0 Å². The molecule has 1 fully saturated rings. The average molecular weight is 592 g/mol. The van der Waals surface area contributed by atoms with Crippen LogP contribution in [0.3, 0.4) is 0 Å². The summed E-state index contributed by atoms with van der Waals surface area (Å²) in [5.74, 6) is -0.321. The molecule has 4 aromatic rings. The standard InChI is InChI=1S/C31H34N4O6S/c1-21-9-5-6-10-28(21)42(38,39)33-29(36)22-11-12-23(27(17-22)40-4)19-35-20-34(3)25-14-13-24(18-26(25)35)32-30(37)41-31(2)15-7-8-16-31/h5-6,9-14,17-18,20H,7-8,15-16,19H2,1-4H3,(H-,32,33,36,37)/p+1. The predicted molar refractivity (Wildman–Crippen MR) is 158 cm³/mol. The van der Waals surface area contributed by atoms with Crippen LogP contribution in [0.2, 0.25) is 0 Å². The van der Waals surface area contributed by atoms with E-state index in [-0.39, 0.29) is 10.5 Å². The summed E-state index contributed by atoms with van der Waals surface area (Å²) < 4.78 is 43.1. The lowest BCUT2D eigenvalue weighted by molar-refractivity contribution is -0.645. The van der Waals surface area contributed by atoms with Crippen molar-refractivity contribution in [3.63, 3.8) is 0 Å². The maximum Gasteiger partial charge on any atom is 0.412 e. The van der Waals surface area contributed by atoms with Crippen LogP contribution in [0.25, 0.3) is 11.0 Å². The van der Waals surface area contributed by atoms with Crippen molar-refractivity contribution in [3.8, 4) is 5.75 Å². The van der Waals surface area contributed by atoms with Gasteiger partial charge in [0.15, 0.2) is 11.0 Å². The van der Waals surface area contributed by atoms with Crippen LogP contribution < -0.4 is 19.3 Å². The first-order valence-corrected chi connectivity index (χ1v) is 15.2. The molecule has 5 rings (SSSR count). The van der Waals surface area contributed by atoms with Crippen molar-refractivity contribution >= 4 is 38.7 Å². The number of aromatic nitrogens is 2. The minimum Gasteiger partial charge on any atom is -0.496 e. The highest BCUT2D eigenvalue weighted by molar-refractivity contribution is 7.90. The molecule has 1 heterocycles. The number of hydrogen-bond acceptors (Lipinski definition) is 6. The van der Waals surface area contributed by atoms with Crippen molar-refractivity contribution < 1.29 is 32.0 Å². The molecule has 0 aliphatic heterocycles. The molecule has 10 nitrogen and oxygen atoms in total. The number of imidazole rings is 1. The maximum absolute atomic E-state index is 12.9. The van der Waals surface area contributed by atoms with E-state index >= 15 is 0 Å². The third kappa shape index (κ3) is 6.11. The summed E-state index contributed by atoms with van der Waals surface area (Å²) >= 11 is 0. The summed E-state index contributed by atoms with van der Waals surface area (Å²) in [7, 11) is -0.619. The van der Waals surface area contributed by atoms with Gasteiger partial charge in [-0.1, -0.05) is 24.3 Å². The highest BCUT2D eigenvalue weighted by atomic mass is 32.2. The monoisotopic (exact) mass is 591 g/mol. The summed E-state index contributed by atoms with van der Waals surface area (Å²) in [6.07, 6.45) is 5.30. The molecule has 220 valence electrons. The highest BCUT2D eigenvalue weighted by Crippen LogP contribution is 2.33. The van der Waals surface area contributed by atoms with E-state index in [9.17, 15) is 18.0 Å². The number of nitrogens with one attached hydrogen (secondary N) is 2. The van der Waals surface area contributed by atoms with E-state index in [1.807, 2.05) is 47.6 Å². The molecule has 0 spiro atoms. The Kier molecular flexibility index (Phi) is 7.96. The van der Waals surface area contributed by atoms with Crippen LogP contribution in [0, 0.1) is 6.92 Å². The lowest BCUT2D eigenvalue weighted by atomic mass is 10.1. The van der Waals surface area contributed by atoms with Gasteiger partial charge in [0.1, 0.15) is 17.9 Å². The van der Waals surface area contributed by atoms with Gasteiger partial charge in [-0.15, -0.1) is 0 Å². The SMILES string of the molecule is COc1cc(C(=O)NS(=O)(=O)c2ccccc2C)ccc1Cn1c[n+](C)c2ccc(NC(=O)OC3(C)CCCC3)cc21. The second-order valence-electron chi connectivity index (χ2n) is 11.0. The lowest BCUT2D eigenvalue weighted by Gasteiger charge is -2.24. The molecular formula is C31H35N4O6S+. The van der Waals surface area contributed by atoms with Crippen LogP contribution in [0.4, 0.5) is 10.5 Å². The fraction of sp³-hybridized carbons (Fsp3) is 0.323. The second kappa shape index (κ2) is 11.5. The van der Waals surface area contributed by atoms with E-state index in [0.29, 0.717) is 23.5 Å². The molecule has 1 aliphatic carbocycles. The zero-order valence-electron chi connectivity index (χ0n) is 24.1. The summed E-state index contributed by atoms with van der Waals surface area (Å²) in [5.41, 5.74) is 3.48. The number of nitrogens with zero attached hydrogens (tertiary/aromatic N) is 2. The second-order valence-corrected chi connectivity index (χ2v) is 12.6. The van der Waals surface area contributed by atoms with E-state index in [0.717, 1.165) is 42.3 Å². The van der Waals surface area contributed by atoms with Crippen LogP contribution in [0.15, 0.2) is 71.9 Å². The Labute approximate surface area is 245 Å². The molecule has 1 saturated carbocycles. The molecule has 0 bridgehead atoms. The van der Waals surface area contributed by atoms with Crippen LogP contribution in [0.1, 0.15) is 54.1 Å². The topological polar surface area (TPSA) is 120 Å². The fourth-order valence-corrected chi connectivity index (χ4v) is 6.70. The third-order valence-electron chi connectivity index (χ3n) is 7.72. The lowest BCUT2D eigenvalue weighted by Crippen LogP contribution is -2.31.